The van der Waals surface area contributed by atoms with E-state index in [1.807, 2.05) is 6.08 Å². The molecule has 3 aliphatic heterocycles. The zero-order chi connectivity index (χ0) is 29.8. The van der Waals surface area contributed by atoms with Gasteiger partial charge in [0.1, 0.15) is 6.61 Å². The summed E-state index contributed by atoms with van der Waals surface area (Å²) >= 11 is 0. The van der Waals surface area contributed by atoms with Crippen LogP contribution >= 0.6 is 0 Å². The van der Waals surface area contributed by atoms with Crippen molar-refractivity contribution in [3.05, 3.63) is 11.6 Å². The van der Waals surface area contributed by atoms with Crippen LogP contribution in [0.5, 0.6) is 0 Å². The topological polar surface area (TPSA) is 85.2 Å². The summed E-state index contributed by atoms with van der Waals surface area (Å²) < 4.78 is 17.5. The maximum absolute atomic E-state index is 11.4. The SMILES string of the molecule is CCCCCCCCCC[C@@H](O)[C@H]1CC[C@H]([C@H]2CC[C@H]([C@H](O)CCCCCCCCCCCCC3=CCOC3=O)O2)O1. The van der Waals surface area contributed by atoms with Crippen molar-refractivity contribution in [1.82, 2.24) is 0 Å². The van der Waals surface area contributed by atoms with E-state index in [2.05, 4.69) is 6.92 Å². The highest BCUT2D eigenvalue weighted by molar-refractivity contribution is 5.90. The molecule has 2 N–H and O–H groups in total. The zero-order valence-electron chi connectivity index (χ0n) is 27.0. The van der Waals surface area contributed by atoms with E-state index in [0.29, 0.717) is 6.61 Å². The number of aliphatic hydroxyl groups is 2. The molecule has 0 aromatic rings. The summed E-state index contributed by atoms with van der Waals surface area (Å²) in [4.78, 5) is 11.4. The average Bonchev–Trinajstić information content (AvgIpc) is 3.76. The monoisotopic (exact) mass is 592 g/mol. The second-order valence-electron chi connectivity index (χ2n) is 13.4. The van der Waals surface area contributed by atoms with E-state index in [-0.39, 0.29) is 42.6 Å². The maximum Gasteiger partial charge on any atom is 0.334 e. The van der Waals surface area contributed by atoms with Gasteiger partial charge in [0.25, 0.3) is 0 Å². The predicted molar refractivity (Wildman–Crippen MR) is 169 cm³/mol. The summed E-state index contributed by atoms with van der Waals surface area (Å²) in [5.41, 5.74) is 0.871. The Kier molecular flexibility index (Phi) is 18.4. The molecule has 3 aliphatic rings. The smallest absolute Gasteiger partial charge is 0.334 e. The van der Waals surface area contributed by atoms with Crippen LogP contribution in [0, 0.1) is 0 Å². The third-order valence-corrected chi connectivity index (χ3v) is 9.80. The van der Waals surface area contributed by atoms with Crippen LogP contribution < -0.4 is 0 Å². The normalized spacial score (nSPS) is 25.6. The van der Waals surface area contributed by atoms with Gasteiger partial charge >= 0.3 is 5.97 Å². The van der Waals surface area contributed by atoms with Crippen molar-refractivity contribution in [1.29, 1.82) is 0 Å². The molecule has 6 heteroatoms. The first-order chi connectivity index (χ1) is 20.6. The fourth-order valence-corrected chi connectivity index (χ4v) is 7.03. The van der Waals surface area contributed by atoms with Gasteiger partial charge in [-0.2, -0.15) is 0 Å². The minimum Gasteiger partial charge on any atom is -0.458 e. The summed E-state index contributed by atoms with van der Waals surface area (Å²) in [5.74, 6) is -0.115. The van der Waals surface area contributed by atoms with Gasteiger partial charge in [0, 0.05) is 5.57 Å². The first kappa shape index (κ1) is 35.5. The Morgan fingerprint density at radius 2 is 1.07 bits per heavy atom. The lowest BCUT2D eigenvalue weighted by molar-refractivity contribution is -0.136. The average molecular weight is 593 g/mol. The van der Waals surface area contributed by atoms with Gasteiger partial charge in [-0.3, -0.25) is 0 Å². The summed E-state index contributed by atoms with van der Waals surface area (Å²) in [6, 6.07) is 0. The summed E-state index contributed by atoms with van der Waals surface area (Å²) in [6.45, 7) is 2.72. The van der Waals surface area contributed by atoms with Gasteiger partial charge < -0.3 is 24.4 Å². The number of unbranched alkanes of at least 4 members (excludes halogenated alkanes) is 16. The predicted octanol–water partition coefficient (Wildman–Crippen LogP) is 8.50. The first-order valence-electron chi connectivity index (χ1n) is 18.1. The van der Waals surface area contributed by atoms with Gasteiger partial charge in [-0.1, -0.05) is 116 Å². The Hall–Kier alpha value is -0.950. The molecule has 42 heavy (non-hydrogen) atoms. The van der Waals surface area contributed by atoms with Crippen LogP contribution in [0.4, 0.5) is 0 Å². The van der Waals surface area contributed by atoms with Gasteiger partial charge in [-0.25, -0.2) is 4.79 Å². The van der Waals surface area contributed by atoms with Gasteiger partial charge in [0.2, 0.25) is 0 Å². The molecule has 0 radical (unpaired) electrons. The summed E-state index contributed by atoms with van der Waals surface area (Å²) in [7, 11) is 0. The van der Waals surface area contributed by atoms with Crippen LogP contribution in [0.25, 0.3) is 0 Å². The second kappa shape index (κ2) is 21.7. The van der Waals surface area contributed by atoms with E-state index < -0.39 is 0 Å². The lowest BCUT2D eigenvalue weighted by Crippen LogP contribution is -2.33. The van der Waals surface area contributed by atoms with E-state index in [1.165, 1.54) is 96.3 Å². The Morgan fingerprint density at radius 3 is 1.50 bits per heavy atom. The van der Waals surface area contributed by atoms with Crippen LogP contribution in [0.3, 0.4) is 0 Å². The van der Waals surface area contributed by atoms with Gasteiger partial charge in [0.15, 0.2) is 0 Å². The van der Waals surface area contributed by atoms with Crippen LogP contribution in [0.15, 0.2) is 11.6 Å². The van der Waals surface area contributed by atoms with Crippen LogP contribution in [-0.2, 0) is 19.0 Å². The lowest BCUT2D eigenvalue weighted by atomic mass is 10.0. The molecule has 3 heterocycles. The van der Waals surface area contributed by atoms with E-state index in [0.717, 1.165) is 69.8 Å². The number of hydrogen-bond acceptors (Lipinski definition) is 6. The second-order valence-corrected chi connectivity index (χ2v) is 13.4. The Morgan fingerprint density at radius 1 is 0.643 bits per heavy atom. The van der Waals surface area contributed by atoms with Crippen LogP contribution in [0.2, 0.25) is 0 Å². The van der Waals surface area contributed by atoms with Crippen molar-refractivity contribution in [3.8, 4) is 0 Å². The van der Waals surface area contributed by atoms with Crippen molar-refractivity contribution >= 4 is 5.97 Å². The molecule has 0 saturated carbocycles. The molecule has 0 aromatic heterocycles. The van der Waals surface area contributed by atoms with Crippen molar-refractivity contribution in [2.75, 3.05) is 6.61 Å². The molecule has 3 rings (SSSR count). The highest BCUT2D eigenvalue weighted by Gasteiger charge is 2.40. The Balaban J connectivity index is 1.12. The molecule has 0 aromatic carbocycles. The third-order valence-electron chi connectivity index (χ3n) is 9.80. The van der Waals surface area contributed by atoms with Gasteiger partial charge in [-0.15, -0.1) is 0 Å². The molecular weight excluding hydrogens is 528 g/mol. The van der Waals surface area contributed by atoms with Crippen LogP contribution in [0.1, 0.15) is 167 Å². The van der Waals surface area contributed by atoms with Crippen molar-refractivity contribution in [2.24, 2.45) is 0 Å². The largest absolute Gasteiger partial charge is 0.458 e. The first-order valence-corrected chi connectivity index (χ1v) is 18.1. The molecule has 2 fully saturated rings. The Labute approximate surface area is 257 Å². The molecule has 0 aliphatic carbocycles. The lowest BCUT2D eigenvalue weighted by Gasteiger charge is -2.24. The number of ether oxygens (including phenoxy) is 3. The number of cyclic esters (lactones) is 1. The maximum atomic E-state index is 11.4. The molecule has 244 valence electrons. The number of rotatable bonds is 25. The number of aliphatic hydroxyl groups excluding tert-OH is 2. The Bertz CT molecular complexity index is 738. The number of esters is 1. The molecule has 0 bridgehead atoms. The number of hydrogen-bond donors (Lipinski definition) is 2. The fourth-order valence-electron chi connectivity index (χ4n) is 7.03. The van der Waals surface area contributed by atoms with E-state index in [4.69, 9.17) is 14.2 Å². The fraction of sp³-hybridized carbons (Fsp3) is 0.917. The minimum absolute atomic E-state index is 0.0472. The van der Waals surface area contributed by atoms with E-state index >= 15 is 0 Å². The molecule has 2 saturated heterocycles. The number of carbonyl (C=O) groups excluding carboxylic acids is 1. The molecule has 0 spiro atoms. The van der Waals surface area contributed by atoms with Crippen molar-refractivity contribution < 1.29 is 29.2 Å². The summed E-state index contributed by atoms with van der Waals surface area (Å²) in [5, 5.41) is 21.4. The van der Waals surface area contributed by atoms with Gasteiger partial charge in [-0.05, 0) is 57.4 Å². The minimum atomic E-state index is -0.374. The molecule has 6 nitrogen and oxygen atoms in total. The zero-order valence-corrected chi connectivity index (χ0v) is 27.0. The standard InChI is InChI=1S/C36H64O6/c1-2-3-4-5-6-12-15-18-21-30(37)32-23-25-34(41-32)35-26-24-33(42-35)31(38)22-19-16-13-10-8-7-9-11-14-17-20-29-27-28-40-36(29)39/h27,30-35,37-38H,2-26,28H2,1H3/t30-,31-,32-,33-,34-,35-/m1/s1. The molecule has 0 amide bonds. The molecule has 0 unspecified atom stereocenters. The van der Waals surface area contributed by atoms with E-state index in [9.17, 15) is 15.0 Å². The molecular formula is C36H64O6. The molecule has 6 atom stereocenters. The van der Waals surface area contributed by atoms with Crippen molar-refractivity contribution in [3.63, 3.8) is 0 Å². The third kappa shape index (κ3) is 13.8. The van der Waals surface area contributed by atoms with Crippen molar-refractivity contribution in [2.45, 2.75) is 204 Å². The highest BCUT2D eigenvalue weighted by Crippen LogP contribution is 2.34. The van der Waals surface area contributed by atoms with Gasteiger partial charge in [0.05, 0.1) is 36.6 Å². The number of carbonyl (C=O) groups is 1. The quantitative estimate of drug-likeness (QED) is 0.0817. The van der Waals surface area contributed by atoms with E-state index in [1.54, 1.807) is 0 Å². The summed E-state index contributed by atoms with van der Waals surface area (Å²) in [6.07, 6.45) is 30.0. The highest BCUT2D eigenvalue weighted by atomic mass is 16.6. The van der Waals surface area contributed by atoms with Crippen LogP contribution in [-0.4, -0.2) is 59.4 Å².